The summed E-state index contributed by atoms with van der Waals surface area (Å²) in [5.41, 5.74) is 2.50. The number of nitrogens with one attached hydrogen (secondary N) is 2. The van der Waals surface area contributed by atoms with Gasteiger partial charge in [0, 0.05) is 45.4 Å². The maximum atomic E-state index is 11.6. The van der Waals surface area contributed by atoms with Crippen LogP contribution >= 0.6 is 0 Å². The van der Waals surface area contributed by atoms with Gasteiger partial charge in [-0.2, -0.15) is 0 Å². The van der Waals surface area contributed by atoms with Crippen molar-refractivity contribution in [2.24, 2.45) is 5.92 Å². The highest BCUT2D eigenvalue weighted by Gasteiger charge is 2.22. The molecule has 1 amide bonds. The molecule has 0 atom stereocenters. The molecule has 1 aliphatic heterocycles. The van der Waals surface area contributed by atoms with Crippen molar-refractivity contribution in [1.82, 2.24) is 15.5 Å². The average Bonchev–Trinajstić information content (AvgIpc) is 2.75. The number of hydrogen-bond donors (Lipinski definition) is 2. The molecule has 0 aliphatic carbocycles. The highest BCUT2D eigenvalue weighted by atomic mass is 16.5. The summed E-state index contributed by atoms with van der Waals surface area (Å²) in [6.45, 7) is 24.8. The molecule has 1 fully saturated rings. The van der Waals surface area contributed by atoms with E-state index in [2.05, 4.69) is 60.6 Å². The number of benzene rings is 1. The van der Waals surface area contributed by atoms with Crippen LogP contribution in [0.5, 0.6) is 0 Å². The van der Waals surface area contributed by atoms with Gasteiger partial charge < -0.3 is 15.4 Å². The van der Waals surface area contributed by atoms with Crippen molar-refractivity contribution in [3.63, 3.8) is 0 Å². The second-order valence-electron chi connectivity index (χ2n) is 9.89. The van der Waals surface area contributed by atoms with Gasteiger partial charge in [-0.3, -0.25) is 9.69 Å². The standard InChI is InChI=1S/C13H20N2.C13H27NO2.C2H6/c1-2-12-3-5-13(6-4-12)11-15-9-7-14-8-10-15;1-10(2)7-8-16-13(5,6)9-12(15)14-11(3)4;1-2/h3-6,14H,2,7-11H2,1H3;10-11H,7-9H2,1-6H3,(H,14,15);1-2H3. The predicted molar refractivity (Wildman–Crippen MR) is 143 cm³/mol. The van der Waals surface area contributed by atoms with Crippen LogP contribution in [0.1, 0.15) is 86.3 Å². The van der Waals surface area contributed by atoms with Crippen molar-refractivity contribution in [1.29, 1.82) is 0 Å². The summed E-state index contributed by atoms with van der Waals surface area (Å²) in [5, 5.41) is 6.26. The lowest BCUT2D eigenvalue weighted by molar-refractivity contribution is -0.128. The van der Waals surface area contributed by atoms with E-state index >= 15 is 0 Å². The van der Waals surface area contributed by atoms with Crippen LogP contribution < -0.4 is 10.6 Å². The van der Waals surface area contributed by atoms with E-state index in [1.807, 2.05) is 41.5 Å². The van der Waals surface area contributed by atoms with Gasteiger partial charge in [0.05, 0.1) is 12.0 Å². The molecule has 0 bridgehead atoms. The largest absolute Gasteiger partial charge is 0.375 e. The van der Waals surface area contributed by atoms with Crippen molar-refractivity contribution in [2.45, 2.75) is 99.8 Å². The molecule has 1 saturated heterocycles. The summed E-state index contributed by atoms with van der Waals surface area (Å²) in [6.07, 6.45) is 2.59. The zero-order valence-corrected chi connectivity index (χ0v) is 23.1. The lowest BCUT2D eigenvalue weighted by Crippen LogP contribution is -2.42. The molecule has 1 aromatic carbocycles. The van der Waals surface area contributed by atoms with Crippen LogP contribution in [0.2, 0.25) is 0 Å². The van der Waals surface area contributed by atoms with E-state index in [1.165, 1.54) is 24.2 Å². The van der Waals surface area contributed by atoms with E-state index < -0.39 is 0 Å². The highest BCUT2D eigenvalue weighted by Crippen LogP contribution is 2.16. The average molecular weight is 464 g/mol. The number of hydrogen-bond acceptors (Lipinski definition) is 4. The van der Waals surface area contributed by atoms with Gasteiger partial charge >= 0.3 is 0 Å². The van der Waals surface area contributed by atoms with Gasteiger partial charge in [0.2, 0.25) is 5.91 Å². The van der Waals surface area contributed by atoms with Crippen LogP contribution in [0.15, 0.2) is 24.3 Å². The molecule has 2 N–H and O–H groups in total. The van der Waals surface area contributed by atoms with Gasteiger partial charge in [-0.15, -0.1) is 0 Å². The third-order valence-corrected chi connectivity index (χ3v) is 5.27. The summed E-state index contributed by atoms with van der Waals surface area (Å²) in [6, 6.07) is 9.22. The van der Waals surface area contributed by atoms with Crippen molar-refractivity contribution in [2.75, 3.05) is 32.8 Å². The molecule has 2 rings (SSSR count). The van der Waals surface area contributed by atoms with Crippen molar-refractivity contribution in [3.8, 4) is 0 Å². The molecular formula is C28H53N3O2. The van der Waals surface area contributed by atoms with Gasteiger partial charge in [0.1, 0.15) is 0 Å². The lowest BCUT2D eigenvalue weighted by Gasteiger charge is -2.27. The second kappa shape index (κ2) is 18.0. The first-order chi connectivity index (χ1) is 15.6. The van der Waals surface area contributed by atoms with E-state index in [4.69, 9.17) is 4.74 Å². The molecule has 0 radical (unpaired) electrons. The van der Waals surface area contributed by atoms with Gasteiger partial charge in [-0.25, -0.2) is 0 Å². The molecule has 5 nitrogen and oxygen atoms in total. The third kappa shape index (κ3) is 16.8. The van der Waals surface area contributed by atoms with Crippen molar-refractivity contribution >= 4 is 5.91 Å². The quantitative estimate of drug-likeness (QED) is 0.486. The molecule has 0 saturated carbocycles. The molecule has 0 unspecified atom stereocenters. The first-order valence-corrected chi connectivity index (χ1v) is 13.1. The van der Waals surface area contributed by atoms with Crippen LogP contribution in [-0.4, -0.2) is 55.2 Å². The number of amides is 1. The molecule has 33 heavy (non-hydrogen) atoms. The van der Waals surface area contributed by atoms with E-state index in [1.54, 1.807) is 0 Å². The Labute approximate surface area is 205 Å². The molecular weight excluding hydrogens is 410 g/mol. The summed E-state index contributed by atoms with van der Waals surface area (Å²) in [5.74, 6) is 0.699. The summed E-state index contributed by atoms with van der Waals surface area (Å²) in [7, 11) is 0. The smallest absolute Gasteiger partial charge is 0.223 e. The molecule has 0 spiro atoms. The zero-order chi connectivity index (χ0) is 25.3. The fourth-order valence-electron chi connectivity index (χ4n) is 3.39. The Kier molecular flexibility index (Phi) is 17.2. The van der Waals surface area contributed by atoms with Crippen molar-refractivity contribution < 1.29 is 9.53 Å². The number of nitrogens with zero attached hydrogens (tertiary/aromatic N) is 1. The van der Waals surface area contributed by atoms with Crippen LogP contribution in [0.3, 0.4) is 0 Å². The normalized spacial score (nSPS) is 14.3. The number of carbonyl (C=O) groups is 1. The van der Waals surface area contributed by atoms with Gasteiger partial charge in [0.15, 0.2) is 0 Å². The molecule has 1 aromatic rings. The zero-order valence-electron chi connectivity index (χ0n) is 23.1. The molecule has 1 aliphatic rings. The van der Waals surface area contributed by atoms with E-state index in [0.717, 1.165) is 39.1 Å². The minimum atomic E-state index is -0.367. The van der Waals surface area contributed by atoms with E-state index in [0.29, 0.717) is 12.3 Å². The minimum absolute atomic E-state index is 0.0598. The topological polar surface area (TPSA) is 53.6 Å². The Hall–Kier alpha value is -1.43. The Bertz CT molecular complexity index is 606. The fourth-order valence-corrected chi connectivity index (χ4v) is 3.39. The summed E-state index contributed by atoms with van der Waals surface area (Å²) < 4.78 is 5.73. The van der Waals surface area contributed by atoms with Gasteiger partial charge in [0.25, 0.3) is 0 Å². The third-order valence-electron chi connectivity index (χ3n) is 5.27. The summed E-state index contributed by atoms with van der Waals surface area (Å²) >= 11 is 0. The van der Waals surface area contributed by atoms with Gasteiger partial charge in [-0.05, 0) is 57.6 Å². The number of piperazine rings is 1. The minimum Gasteiger partial charge on any atom is -0.375 e. The monoisotopic (exact) mass is 463 g/mol. The summed E-state index contributed by atoms with van der Waals surface area (Å²) in [4.78, 5) is 14.1. The number of rotatable bonds is 10. The Morgan fingerprint density at radius 1 is 1.06 bits per heavy atom. The van der Waals surface area contributed by atoms with Crippen LogP contribution in [0.25, 0.3) is 0 Å². The Balaban J connectivity index is 0.000000577. The molecule has 5 heteroatoms. The first kappa shape index (κ1) is 31.6. The Morgan fingerprint density at radius 3 is 2.09 bits per heavy atom. The number of carbonyl (C=O) groups excluding carboxylic acids is 1. The maximum Gasteiger partial charge on any atom is 0.223 e. The van der Waals surface area contributed by atoms with Gasteiger partial charge in [-0.1, -0.05) is 58.9 Å². The Morgan fingerprint density at radius 2 is 1.61 bits per heavy atom. The molecule has 0 aromatic heterocycles. The SMILES string of the molecule is CC.CC(C)CCOC(C)(C)CC(=O)NC(C)C.CCc1ccc(CN2CCNCC2)cc1. The number of aryl methyl sites for hydroxylation is 1. The van der Waals surface area contributed by atoms with E-state index in [9.17, 15) is 4.79 Å². The number of ether oxygens (including phenoxy) is 1. The second-order valence-corrected chi connectivity index (χ2v) is 9.89. The van der Waals surface area contributed by atoms with Crippen LogP contribution in [-0.2, 0) is 22.5 Å². The highest BCUT2D eigenvalue weighted by molar-refractivity contribution is 5.77. The fraction of sp³-hybridized carbons (Fsp3) is 0.750. The molecule has 1 heterocycles. The molecule has 192 valence electrons. The first-order valence-electron chi connectivity index (χ1n) is 13.1. The van der Waals surface area contributed by atoms with Crippen molar-refractivity contribution in [3.05, 3.63) is 35.4 Å². The van der Waals surface area contributed by atoms with Crippen LogP contribution in [0.4, 0.5) is 0 Å². The maximum absolute atomic E-state index is 11.6. The van der Waals surface area contributed by atoms with E-state index in [-0.39, 0.29) is 17.6 Å². The lowest BCUT2D eigenvalue weighted by atomic mass is 10.0. The predicted octanol–water partition coefficient (Wildman–Crippen LogP) is 5.42. The van der Waals surface area contributed by atoms with Crippen LogP contribution in [0, 0.1) is 5.92 Å².